The fourth-order valence-electron chi connectivity index (χ4n) is 0.999. The highest BCUT2D eigenvalue weighted by Crippen LogP contribution is 2.01. The highest BCUT2D eigenvalue weighted by Gasteiger charge is 2.22. The average molecular weight is 218 g/mol. The number of hydrogen-bond acceptors (Lipinski definition) is 3. The minimum Gasteiger partial charge on any atom is -0.480 e. The molecule has 15 heavy (non-hydrogen) atoms. The maximum Gasteiger partial charge on any atom is 0.325 e. The average Bonchev–Trinajstić information content (AvgIpc) is 2.01. The highest BCUT2D eigenvalue weighted by atomic mass is 16.5. The van der Waals surface area contributed by atoms with Crippen LogP contribution >= 0.6 is 0 Å². The van der Waals surface area contributed by atoms with Gasteiger partial charge in [0.1, 0.15) is 6.04 Å². The molecule has 0 aromatic rings. The van der Waals surface area contributed by atoms with Crippen LogP contribution in [0.4, 0.5) is 4.79 Å². The predicted molar refractivity (Wildman–Crippen MR) is 54.7 cm³/mol. The molecule has 6 nitrogen and oxygen atoms in total. The summed E-state index contributed by atoms with van der Waals surface area (Å²) in [4.78, 5) is 21.8. The maximum absolute atomic E-state index is 11.3. The predicted octanol–water partition coefficient (Wildman–Crippen LogP) is 0.184. The molecule has 0 aromatic heterocycles. The van der Waals surface area contributed by atoms with E-state index < -0.39 is 23.6 Å². The molecule has 0 heterocycles. The smallest absolute Gasteiger partial charge is 0.325 e. The quantitative estimate of drug-likeness (QED) is 0.614. The molecule has 2 amide bonds. The summed E-state index contributed by atoms with van der Waals surface area (Å²) in [6.07, 6.45) is 0. The van der Waals surface area contributed by atoms with Gasteiger partial charge in [0, 0.05) is 7.11 Å². The number of methoxy groups -OCH3 is 1. The molecule has 0 aliphatic carbocycles. The summed E-state index contributed by atoms with van der Waals surface area (Å²) in [7, 11) is 1.53. The monoisotopic (exact) mass is 218 g/mol. The SMILES string of the molecule is COCC(C)(C)NC(=O)NC(C)C(=O)O. The number of nitrogens with one attached hydrogen (secondary N) is 2. The van der Waals surface area contributed by atoms with Crippen LogP contribution in [0.15, 0.2) is 0 Å². The minimum atomic E-state index is -1.07. The number of carboxylic acid groups (broad SMARTS) is 1. The van der Waals surface area contributed by atoms with Crippen molar-refractivity contribution in [2.75, 3.05) is 13.7 Å². The number of aliphatic carboxylic acids is 1. The lowest BCUT2D eigenvalue weighted by Gasteiger charge is -2.25. The third kappa shape index (κ3) is 5.90. The number of carbonyl (C=O) groups is 2. The summed E-state index contributed by atoms with van der Waals surface area (Å²) in [5.41, 5.74) is -0.531. The Kier molecular flexibility index (Phi) is 5.07. The molecule has 0 saturated carbocycles. The first-order valence-corrected chi connectivity index (χ1v) is 4.59. The largest absolute Gasteiger partial charge is 0.480 e. The summed E-state index contributed by atoms with van der Waals surface area (Å²) in [5.74, 6) is -1.07. The van der Waals surface area contributed by atoms with Gasteiger partial charge in [-0.1, -0.05) is 0 Å². The first-order valence-electron chi connectivity index (χ1n) is 4.59. The van der Waals surface area contributed by atoms with E-state index in [0.29, 0.717) is 6.61 Å². The zero-order chi connectivity index (χ0) is 12.1. The van der Waals surface area contributed by atoms with Crippen LogP contribution in [-0.4, -0.2) is 42.4 Å². The highest BCUT2D eigenvalue weighted by molar-refractivity contribution is 5.82. The van der Waals surface area contributed by atoms with E-state index in [9.17, 15) is 9.59 Å². The topological polar surface area (TPSA) is 87.7 Å². The molecule has 0 bridgehead atoms. The van der Waals surface area contributed by atoms with E-state index in [1.807, 2.05) is 0 Å². The van der Waals surface area contributed by atoms with E-state index in [-0.39, 0.29) is 0 Å². The molecule has 0 rings (SSSR count). The zero-order valence-corrected chi connectivity index (χ0v) is 9.46. The summed E-state index contributed by atoms with van der Waals surface area (Å²) in [6.45, 7) is 5.30. The van der Waals surface area contributed by atoms with Gasteiger partial charge in [0.05, 0.1) is 12.1 Å². The second kappa shape index (κ2) is 5.55. The first kappa shape index (κ1) is 13.7. The van der Waals surface area contributed by atoms with Crippen LogP contribution in [0.25, 0.3) is 0 Å². The molecule has 0 spiro atoms. The van der Waals surface area contributed by atoms with Gasteiger partial charge < -0.3 is 20.5 Å². The Labute approximate surface area is 89.0 Å². The van der Waals surface area contributed by atoms with Crippen LogP contribution in [0, 0.1) is 0 Å². The van der Waals surface area contributed by atoms with E-state index in [1.54, 1.807) is 13.8 Å². The van der Waals surface area contributed by atoms with E-state index in [0.717, 1.165) is 0 Å². The van der Waals surface area contributed by atoms with E-state index >= 15 is 0 Å². The van der Waals surface area contributed by atoms with Crippen molar-refractivity contribution in [3.8, 4) is 0 Å². The molecule has 0 aliphatic rings. The van der Waals surface area contributed by atoms with Gasteiger partial charge in [-0.2, -0.15) is 0 Å². The van der Waals surface area contributed by atoms with Crippen molar-refractivity contribution in [2.45, 2.75) is 32.4 Å². The zero-order valence-electron chi connectivity index (χ0n) is 9.46. The number of carbonyl (C=O) groups excluding carboxylic acids is 1. The molecule has 0 aliphatic heterocycles. The summed E-state index contributed by atoms with van der Waals surface area (Å²) in [6, 6.07) is -1.43. The molecular formula is C9H18N2O4. The summed E-state index contributed by atoms with van der Waals surface area (Å²) >= 11 is 0. The van der Waals surface area contributed by atoms with Crippen LogP contribution in [-0.2, 0) is 9.53 Å². The fraction of sp³-hybridized carbons (Fsp3) is 0.778. The van der Waals surface area contributed by atoms with Crippen molar-refractivity contribution in [2.24, 2.45) is 0 Å². The van der Waals surface area contributed by atoms with Crippen LogP contribution < -0.4 is 10.6 Å². The van der Waals surface area contributed by atoms with Crippen molar-refractivity contribution >= 4 is 12.0 Å². The van der Waals surface area contributed by atoms with Gasteiger partial charge in [-0.05, 0) is 20.8 Å². The van der Waals surface area contributed by atoms with Gasteiger partial charge in [0.2, 0.25) is 0 Å². The van der Waals surface area contributed by atoms with E-state index in [4.69, 9.17) is 9.84 Å². The standard InChI is InChI=1S/C9H18N2O4/c1-6(7(12)13)10-8(14)11-9(2,3)5-15-4/h6H,5H2,1-4H3,(H,12,13)(H2,10,11,14). The molecule has 6 heteroatoms. The molecule has 88 valence electrons. The van der Waals surface area contributed by atoms with Crippen molar-refractivity contribution in [3.05, 3.63) is 0 Å². The van der Waals surface area contributed by atoms with Gasteiger partial charge in [-0.15, -0.1) is 0 Å². The Morgan fingerprint density at radius 2 is 2.00 bits per heavy atom. The third-order valence-electron chi connectivity index (χ3n) is 1.68. The number of hydrogen-bond donors (Lipinski definition) is 3. The number of rotatable bonds is 5. The molecule has 1 unspecified atom stereocenters. The number of carboxylic acids is 1. The molecule has 0 fully saturated rings. The van der Waals surface area contributed by atoms with Crippen LogP contribution in [0.1, 0.15) is 20.8 Å². The summed E-state index contributed by atoms with van der Waals surface area (Å²) in [5, 5.41) is 13.5. The fourth-order valence-corrected chi connectivity index (χ4v) is 0.999. The Balaban J connectivity index is 4.08. The second-order valence-electron chi connectivity index (χ2n) is 3.98. The van der Waals surface area contributed by atoms with E-state index in [2.05, 4.69) is 10.6 Å². The lowest BCUT2D eigenvalue weighted by Crippen LogP contribution is -2.53. The molecule has 3 N–H and O–H groups in total. The van der Waals surface area contributed by atoms with Crippen LogP contribution in [0.2, 0.25) is 0 Å². The Hall–Kier alpha value is -1.30. The Bertz CT molecular complexity index is 240. The minimum absolute atomic E-state index is 0.349. The van der Waals surface area contributed by atoms with Crippen molar-refractivity contribution < 1.29 is 19.4 Å². The molecular weight excluding hydrogens is 200 g/mol. The van der Waals surface area contributed by atoms with E-state index in [1.165, 1.54) is 14.0 Å². The molecule has 1 atom stereocenters. The van der Waals surface area contributed by atoms with Crippen molar-refractivity contribution in [1.29, 1.82) is 0 Å². The third-order valence-corrected chi connectivity index (χ3v) is 1.68. The lowest BCUT2D eigenvalue weighted by molar-refractivity contribution is -0.138. The number of ether oxygens (including phenoxy) is 1. The normalized spacial score (nSPS) is 13.1. The first-order chi connectivity index (χ1) is 6.78. The summed E-state index contributed by atoms with van der Waals surface area (Å²) < 4.78 is 4.90. The van der Waals surface area contributed by atoms with Gasteiger partial charge >= 0.3 is 12.0 Å². The number of urea groups is 1. The molecule has 0 radical (unpaired) electrons. The van der Waals surface area contributed by atoms with Crippen LogP contribution in [0.3, 0.4) is 0 Å². The Morgan fingerprint density at radius 3 is 2.40 bits per heavy atom. The van der Waals surface area contributed by atoms with Crippen LogP contribution in [0.5, 0.6) is 0 Å². The van der Waals surface area contributed by atoms with Gasteiger partial charge in [-0.25, -0.2) is 4.79 Å². The number of amides is 2. The second-order valence-corrected chi connectivity index (χ2v) is 3.98. The molecule has 0 saturated heterocycles. The maximum atomic E-state index is 11.3. The van der Waals surface area contributed by atoms with Crippen molar-refractivity contribution in [3.63, 3.8) is 0 Å². The van der Waals surface area contributed by atoms with Gasteiger partial charge in [0.25, 0.3) is 0 Å². The van der Waals surface area contributed by atoms with Crippen molar-refractivity contribution in [1.82, 2.24) is 10.6 Å². The Morgan fingerprint density at radius 1 is 1.47 bits per heavy atom. The molecule has 0 aromatic carbocycles. The van der Waals surface area contributed by atoms with Gasteiger partial charge in [-0.3, -0.25) is 4.79 Å². The lowest BCUT2D eigenvalue weighted by atomic mass is 10.1. The van der Waals surface area contributed by atoms with Gasteiger partial charge in [0.15, 0.2) is 0 Å².